The predicted octanol–water partition coefficient (Wildman–Crippen LogP) is 2.03. The van der Waals surface area contributed by atoms with Crippen LogP contribution < -0.4 is 5.32 Å². The average Bonchev–Trinajstić information content (AvgIpc) is 2.85. The highest BCUT2D eigenvalue weighted by Gasteiger charge is 2.15. The van der Waals surface area contributed by atoms with Crippen molar-refractivity contribution in [2.45, 2.75) is 39.8 Å². The number of nitrogens with one attached hydrogen (secondary N) is 1. The Morgan fingerprint density at radius 2 is 2.18 bits per heavy atom. The fourth-order valence-corrected chi connectivity index (χ4v) is 1.88. The van der Waals surface area contributed by atoms with Crippen LogP contribution in [0, 0.1) is 0 Å². The van der Waals surface area contributed by atoms with Gasteiger partial charge in [-0.3, -0.25) is 9.48 Å². The number of aliphatic carboxylic acids is 1. The SMILES string of the molecule is C=C(C)CN(Cc1cnn(C(C)C)c1)C(=O)NCCC(=O)O. The Bertz CT molecular complexity index is 537. The molecule has 0 bridgehead atoms. The van der Waals surface area contributed by atoms with E-state index in [-0.39, 0.29) is 25.0 Å². The van der Waals surface area contributed by atoms with Crippen molar-refractivity contribution in [1.29, 1.82) is 0 Å². The maximum Gasteiger partial charge on any atom is 0.318 e. The van der Waals surface area contributed by atoms with Crippen LogP contribution in [0.5, 0.6) is 0 Å². The third-order valence-electron chi connectivity index (χ3n) is 2.92. The lowest BCUT2D eigenvalue weighted by Crippen LogP contribution is -2.41. The molecule has 0 aliphatic carbocycles. The molecular weight excluding hydrogens is 284 g/mol. The van der Waals surface area contributed by atoms with E-state index in [2.05, 4.69) is 17.0 Å². The van der Waals surface area contributed by atoms with Crippen LogP contribution in [-0.2, 0) is 11.3 Å². The van der Waals surface area contributed by atoms with Crippen LogP contribution in [0.1, 0.15) is 38.8 Å². The number of rotatable bonds is 8. The molecule has 1 aromatic heterocycles. The Balaban J connectivity index is 2.68. The molecule has 0 radical (unpaired) electrons. The second kappa shape index (κ2) is 8.21. The molecule has 1 aromatic rings. The summed E-state index contributed by atoms with van der Waals surface area (Å²) in [5.74, 6) is -0.940. The van der Waals surface area contributed by atoms with Gasteiger partial charge in [-0.2, -0.15) is 5.10 Å². The summed E-state index contributed by atoms with van der Waals surface area (Å²) >= 11 is 0. The number of carboxylic acids is 1. The normalized spacial score (nSPS) is 10.5. The summed E-state index contributed by atoms with van der Waals surface area (Å²) in [7, 11) is 0. The molecule has 0 aromatic carbocycles. The van der Waals surface area contributed by atoms with Crippen LogP contribution in [0.2, 0.25) is 0 Å². The van der Waals surface area contributed by atoms with E-state index in [1.807, 2.05) is 31.6 Å². The van der Waals surface area contributed by atoms with Crippen LogP contribution >= 0.6 is 0 Å². The molecule has 2 N–H and O–H groups in total. The van der Waals surface area contributed by atoms with Gasteiger partial charge in [-0.15, -0.1) is 0 Å². The molecule has 1 rings (SSSR count). The molecule has 0 aliphatic heterocycles. The first-order chi connectivity index (χ1) is 10.3. The first-order valence-corrected chi connectivity index (χ1v) is 7.21. The van der Waals surface area contributed by atoms with Crippen molar-refractivity contribution < 1.29 is 14.7 Å². The maximum atomic E-state index is 12.2. The topological polar surface area (TPSA) is 87.5 Å². The molecular formula is C15H24N4O3. The van der Waals surface area contributed by atoms with E-state index in [1.54, 1.807) is 11.1 Å². The predicted molar refractivity (Wildman–Crippen MR) is 83.5 cm³/mol. The van der Waals surface area contributed by atoms with Crippen molar-refractivity contribution in [1.82, 2.24) is 20.0 Å². The van der Waals surface area contributed by atoms with Crippen LogP contribution in [0.15, 0.2) is 24.5 Å². The molecule has 0 atom stereocenters. The lowest BCUT2D eigenvalue weighted by molar-refractivity contribution is -0.136. The lowest BCUT2D eigenvalue weighted by Gasteiger charge is -2.22. The van der Waals surface area contributed by atoms with E-state index >= 15 is 0 Å². The number of carboxylic acid groups (broad SMARTS) is 1. The number of hydrogen-bond acceptors (Lipinski definition) is 3. The van der Waals surface area contributed by atoms with Crippen molar-refractivity contribution in [3.05, 3.63) is 30.1 Å². The highest BCUT2D eigenvalue weighted by molar-refractivity contribution is 5.75. The molecule has 0 aliphatic rings. The minimum Gasteiger partial charge on any atom is -0.481 e. The van der Waals surface area contributed by atoms with E-state index in [4.69, 9.17) is 5.11 Å². The fourth-order valence-electron chi connectivity index (χ4n) is 1.88. The van der Waals surface area contributed by atoms with Gasteiger partial charge in [0.05, 0.1) is 19.2 Å². The van der Waals surface area contributed by atoms with Crippen LogP contribution in [-0.4, -0.2) is 44.9 Å². The second-order valence-electron chi connectivity index (χ2n) is 5.61. The smallest absolute Gasteiger partial charge is 0.318 e. The lowest BCUT2D eigenvalue weighted by atomic mass is 10.2. The summed E-state index contributed by atoms with van der Waals surface area (Å²) in [5.41, 5.74) is 1.77. The maximum absolute atomic E-state index is 12.2. The highest BCUT2D eigenvalue weighted by Crippen LogP contribution is 2.09. The Morgan fingerprint density at radius 3 is 2.68 bits per heavy atom. The van der Waals surface area contributed by atoms with Gasteiger partial charge in [0.25, 0.3) is 0 Å². The zero-order valence-corrected chi connectivity index (χ0v) is 13.4. The van der Waals surface area contributed by atoms with Gasteiger partial charge in [-0.25, -0.2) is 4.79 Å². The minimum absolute atomic E-state index is 0.0993. The summed E-state index contributed by atoms with van der Waals surface area (Å²) in [5, 5.41) is 15.5. The van der Waals surface area contributed by atoms with Crippen LogP contribution in [0.3, 0.4) is 0 Å². The second-order valence-corrected chi connectivity index (χ2v) is 5.61. The minimum atomic E-state index is -0.940. The Hall–Kier alpha value is -2.31. The number of hydrogen-bond donors (Lipinski definition) is 2. The molecule has 2 amide bonds. The van der Waals surface area contributed by atoms with Gasteiger partial charge in [-0.05, 0) is 20.8 Å². The van der Waals surface area contributed by atoms with E-state index < -0.39 is 5.97 Å². The van der Waals surface area contributed by atoms with Crippen LogP contribution in [0.25, 0.3) is 0 Å². The zero-order chi connectivity index (χ0) is 16.7. The van der Waals surface area contributed by atoms with Gasteiger partial charge in [-0.1, -0.05) is 12.2 Å². The van der Waals surface area contributed by atoms with Gasteiger partial charge < -0.3 is 15.3 Å². The number of nitrogens with zero attached hydrogens (tertiary/aromatic N) is 3. The summed E-state index contributed by atoms with van der Waals surface area (Å²) in [6.45, 7) is 10.6. The summed E-state index contributed by atoms with van der Waals surface area (Å²) < 4.78 is 1.83. The third kappa shape index (κ3) is 5.99. The van der Waals surface area contributed by atoms with Crippen molar-refractivity contribution >= 4 is 12.0 Å². The van der Waals surface area contributed by atoms with Gasteiger partial charge in [0.2, 0.25) is 0 Å². The molecule has 0 fully saturated rings. The molecule has 22 heavy (non-hydrogen) atoms. The number of amides is 2. The largest absolute Gasteiger partial charge is 0.481 e. The van der Waals surface area contributed by atoms with Crippen molar-refractivity contribution in [3.63, 3.8) is 0 Å². The van der Waals surface area contributed by atoms with E-state index in [0.717, 1.165) is 11.1 Å². The number of carbonyl (C=O) groups is 2. The van der Waals surface area contributed by atoms with Crippen LogP contribution in [0.4, 0.5) is 4.79 Å². The monoisotopic (exact) mass is 308 g/mol. The zero-order valence-electron chi connectivity index (χ0n) is 13.4. The third-order valence-corrected chi connectivity index (χ3v) is 2.92. The summed E-state index contributed by atoms with van der Waals surface area (Å²) in [6, 6.07) is -0.0470. The molecule has 7 heteroatoms. The first-order valence-electron chi connectivity index (χ1n) is 7.21. The summed E-state index contributed by atoms with van der Waals surface area (Å²) in [4.78, 5) is 24.2. The Labute approximate surface area is 130 Å². The standard InChI is InChI=1S/C15H24N4O3/c1-11(2)8-18(15(22)16-6-5-14(20)21)9-13-7-17-19(10-13)12(3)4/h7,10,12H,1,5-6,8-9H2,2-4H3,(H,16,22)(H,20,21). The van der Waals surface area contributed by atoms with E-state index in [1.165, 1.54) is 0 Å². The molecule has 1 heterocycles. The van der Waals surface area contributed by atoms with Crippen molar-refractivity contribution in [2.24, 2.45) is 0 Å². The molecule has 0 saturated heterocycles. The fraction of sp³-hybridized carbons (Fsp3) is 0.533. The number of urea groups is 1. The van der Waals surface area contributed by atoms with E-state index in [9.17, 15) is 9.59 Å². The van der Waals surface area contributed by atoms with Gasteiger partial charge in [0.15, 0.2) is 0 Å². The Morgan fingerprint density at radius 1 is 1.50 bits per heavy atom. The molecule has 7 nitrogen and oxygen atoms in total. The van der Waals surface area contributed by atoms with Gasteiger partial charge in [0.1, 0.15) is 0 Å². The van der Waals surface area contributed by atoms with Gasteiger partial charge >= 0.3 is 12.0 Å². The first kappa shape index (κ1) is 17.7. The Kier molecular flexibility index (Phi) is 6.62. The van der Waals surface area contributed by atoms with Crippen molar-refractivity contribution in [2.75, 3.05) is 13.1 Å². The number of aromatic nitrogens is 2. The quantitative estimate of drug-likeness (QED) is 0.719. The molecule has 0 spiro atoms. The van der Waals surface area contributed by atoms with E-state index in [0.29, 0.717) is 13.1 Å². The highest BCUT2D eigenvalue weighted by atomic mass is 16.4. The number of carbonyl (C=O) groups excluding carboxylic acids is 1. The average molecular weight is 308 g/mol. The molecule has 0 saturated carbocycles. The molecule has 122 valence electrons. The van der Waals surface area contributed by atoms with Gasteiger partial charge in [0, 0.05) is 30.9 Å². The summed E-state index contributed by atoms with van der Waals surface area (Å²) in [6.07, 6.45) is 3.54. The molecule has 0 unspecified atom stereocenters. The van der Waals surface area contributed by atoms with Crippen molar-refractivity contribution in [3.8, 4) is 0 Å².